The van der Waals surface area contributed by atoms with Gasteiger partial charge in [0.1, 0.15) is 17.5 Å². The Balaban J connectivity index is 1.40. The number of hydrogen-bond donors (Lipinski definition) is 1. The Morgan fingerprint density at radius 1 is 0.867 bits per heavy atom. The molecule has 3 heterocycles. The maximum Gasteiger partial charge on any atom is 0.229 e. The lowest BCUT2D eigenvalue weighted by atomic mass is 10.1. The Bertz CT molecular complexity index is 1550. The Morgan fingerprint density at radius 2 is 1.70 bits per heavy atom. The second-order valence-electron chi connectivity index (χ2n) is 6.90. The van der Waals surface area contributed by atoms with Gasteiger partial charge in [0.15, 0.2) is 11.6 Å². The number of rotatable bonds is 3. The van der Waals surface area contributed by atoms with Gasteiger partial charge in [0.25, 0.3) is 0 Å². The van der Waals surface area contributed by atoms with Gasteiger partial charge in [-0.25, -0.2) is 14.4 Å². The zero-order valence-corrected chi connectivity index (χ0v) is 15.6. The Kier molecular flexibility index (Phi) is 3.55. The number of benzene rings is 3. The van der Waals surface area contributed by atoms with Gasteiger partial charge < -0.3 is 9.73 Å². The summed E-state index contributed by atoms with van der Waals surface area (Å²) in [4.78, 5) is 12.8. The average Bonchev–Trinajstić information content (AvgIpc) is 3.36. The minimum absolute atomic E-state index is 0.131. The SMILES string of the molecule is Fc1cnc(Nc2ccc3c(c2)oc2ccccc23)nc1-n1cnc2ccccc21. The van der Waals surface area contributed by atoms with E-state index in [1.165, 1.54) is 0 Å². The molecule has 7 heteroatoms. The molecule has 0 bridgehead atoms. The largest absolute Gasteiger partial charge is 0.456 e. The summed E-state index contributed by atoms with van der Waals surface area (Å²) >= 11 is 0. The van der Waals surface area contributed by atoms with E-state index in [9.17, 15) is 4.39 Å². The smallest absolute Gasteiger partial charge is 0.229 e. The van der Waals surface area contributed by atoms with Crippen molar-refractivity contribution in [2.75, 3.05) is 5.32 Å². The molecule has 0 aliphatic carbocycles. The number of hydrogen-bond acceptors (Lipinski definition) is 5. The summed E-state index contributed by atoms with van der Waals surface area (Å²) in [6.45, 7) is 0. The van der Waals surface area contributed by atoms with E-state index in [1.54, 1.807) is 10.9 Å². The lowest BCUT2D eigenvalue weighted by Crippen LogP contribution is -2.05. The second kappa shape index (κ2) is 6.38. The molecule has 3 aromatic heterocycles. The van der Waals surface area contributed by atoms with E-state index < -0.39 is 5.82 Å². The first-order valence-corrected chi connectivity index (χ1v) is 9.39. The maximum atomic E-state index is 14.5. The van der Waals surface area contributed by atoms with Crippen LogP contribution in [0.25, 0.3) is 38.8 Å². The Hall–Kier alpha value is -4.26. The van der Waals surface area contributed by atoms with Crippen molar-refractivity contribution >= 4 is 44.6 Å². The lowest BCUT2D eigenvalue weighted by molar-refractivity contribution is 0.604. The fourth-order valence-corrected chi connectivity index (χ4v) is 3.65. The second-order valence-corrected chi connectivity index (χ2v) is 6.90. The molecular weight excluding hydrogens is 381 g/mol. The fourth-order valence-electron chi connectivity index (χ4n) is 3.65. The number of aromatic nitrogens is 4. The number of anilines is 2. The van der Waals surface area contributed by atoms with Crippen LogP contribution in [0.2, 0.25) is 0 Å². The Morgan fingerprint density at radius 3 is 2.67 bits per heavy atom. The van der Waals surface area contributed by atoms with Gasteiger partial charge in [0.05, 0.1) is 17.2 Å². The molecule has 0 aliphatic rings. The summed E-state index contributed by atoms with van der Waals surface area (Å²) in [6.07, 6.45) is 2.71. The first-order valence-electron chi connectivity index (χ1n) is 9.39. The van der Waals surface area contributed by atoms with Crippen molar-refractivity contribution in [3.05, 3.63) is 85.1 Å². The molecule has 0 spiro atoms. The van der Waals surface area contributed by atoms with Crippen LogP contribution in [0.1, 0.15) is 0 Å². The highest BCUT2D eigenvalue weighted by molar-refractivity contribution is 6.05. The summed E-state index contributed by atoms with van der Waals surface area (Å²) in [5.74, 6) is -0.123. The highest BCUT2D eigenvalue weighted by Gasteiger charge is 2.13. The van der Waals surface area contributed by atoms with Gasteiger partial charge in [0, 0.05) is 22.5 Å². The number of nitrogens with zero attached hydrogens (tertiary/aromatic N) is 4. The number of halogens is 1. The third kappa shape index (κ3) is 2.60. The van der Waals surface area contributed by atoms with Crippen LogP contribution >= 0.6 is 0 Å². The predicted molar refractivity (Wildman–Crippen MR) is 114 cm³/mol. The third-order valence-electron chi connectivity index (χ3n) is 5.04. The zero-order valence-electron chi connectivity index (χ0n) is 15.6. The molecular formula is C23H14FN5O. The molecule has 6 nitrogen and oxygen atoms in total. The van der Waals surface area contributed by atoms with E-state index in [-0.39, 0.29) is 11.8 Å². The minimum Gasteiger partial charge on any atom is -0.456 e. The van der Waals surface area contributed by atoms with Crippen molar-refractivity contribution in [1.82, 2.24) is 19.5 Å². The van der Waals surface area contributed by atoms with E-state index in [2.05, 4.69) is 20.3 Å². The number of imidazole rings is 1. The van der Waals surface area contributed by atoms with Crippen LogP contribution in [0.5, 0.6) is 0 Å². The number of furan rings is 1. The van der Waals surface area contributed by atoms with Gasteiger partial charge >= 0.3 is 0 Å². The molecule has 0 saturated heterocycles. The van der Waals surface area contributed by atoms with Gasteiger partial charge in [-0.05, 0) is 30.3 Å². The lowest BCUT2D eigenvalue weighted by Gasteiger charge is -2.09. The quantitative estimate of drug-likeness (QED) is 0.423. The van der Waals surface area contributed by atoms with Crippen molar-refractivity contribution in [3.63, 3.8) is 0 Å². The van der Waals surface area contributed by atoms with Crippen molar-refractivity contribution < 1.29 is 8.81 Å². The van der Waals surface area contributed by atoms with E-state index in [0.29, 0.717) is 0 Å². The molecule has 0 aliphatic heterocycles. The van der Waals surface area contributed by atoms with Crippen molar-refractivity contribution in [1.29, 1.82) is 0 Å². The highest BCUT2D eigenvalue weighted by Crippen LogP contribution is 2.31. The molecule has 0 saturated carbocycles. The van der Waals surface area contributed by atoms with Gasteiger partial charge in [-0.2, -0.15) is 4.98 Å². The van der Waals surface area contributed by atoms with E-state index >= 15 is 0 Å². The summed E-state index contributed by atoms with van der Waals surface area (Å²) in [7, 11) is 0. The first kappa shape index (κ1) is 16.7. The van der Waals surface area contributed by atoms with Gasteiger partial charge in [-0.1, -0.05) is 30.3 Å². The van der Waals surface area contributed by atoms with Crippen LogP contribution in [0.15, 0.2) is 83.7 Å². The topological polar surface area (TPSA) is 68.8 Å². The fraction of sp³-hybridized carbons (Fsp3) is 0. The van der Waals surface area contributed by atoms with Crippen LogP contribution in [0.4, 0.5) is 16.0 Å². The standard InChI is InChI=1S/C23H14FN5O/c24-17-12-25-23(28-22(17)29-13-26-18-6-2-3-7-19(18)29)27-14-9-10-16-15-5-1-4-8-20(15)30-21(16)11-14/h1-13H,(H,25,27,28). The maximum absolute atomic E-state index is 14.5. The minimum atomic E-state index is -0.531. The normalized spacial score (nSPS) is 11.5. The van der Waals surface area contributed by atoms with Crippen molar-refractivity contribution in [3.8, 4) is 5.82 Å². The third-order valence-corrected chi connectivity index (χ3v) is 5.04. The molecule has 6 aromatic rings. The molecule has 0 radical (unpaired) electrons. The monoisotopic (exact) mass is 395 g/mol. The van der Waals surface area contributed by atoms with E-state index in [4.69, 9.17) is 4.42 Å². The van der Waals surface area contributed by atoms with Crippen LogP contribution in [0, 0.1) is 5.82 Å². The molecule has 0 amide bonds. The van der Waals surface area contributed by atoms with Crippen molar-refractivity contribution in [2.45, 2.75) is 0 Å². The van der Waals surface area contributed by atoms with Crippen LogP contribution in [-0.2, 0) is 0 Å². The van der Waals surface area contributed by atoms with E-state index in [1.807, 2.05) is 66.7 Å². The van der Waals surface area contributed by atoms with Gasteiger partial charge in [0.2, 0.25) is 5.95 Å². The van der Waals surface area contributed by atoms with Crippen molar-refractivity contribution in [2.24, 2.45) is 0 Å². The summed E-state index contributed by atoms with van der Waals surface area (Å²) in [5, 5.41) is 5.23. The van der Waals surface area contributed by atoms with Crippen LogP contribution in [0.3, 0.4) is 0 Å². The molecule has 6 rings (SSSR count). The summed E-state index contributed by atoms with van der Waals surface area (Å²) in [5.41, 5.74) is 3.86. The van der Waals surface area contributed by atoms with Crippen LogP contribution in [-0.4, -0.2) is 19.5 Å². The molecule has 3 aromatic carbocycles. The molecule has 144 valence electrons. The molecule has 1 N–H and O–H groups in total. The Labute approximate surface area is 169 Å². The zero-order chi connectivity index (χ0) is 20.1. The molecule has 0 atom stereocenters. The summed E-state index contributed by atoms with van der Waals surface area (Å²) < 4.78 is 22.0. The first-order chi connectivity index (χ1) is 14.8. The van der Waals surface area contributed by atoms with Gasteiger partial charge in [-0.3, -0.25) is 4.57 Å². The number of para-hydroxylation sites is 3. The highest BCUT2D eigenvalue weighted by atomic mass is 19.1. The molecule has 0 unspecified atom stereocenters. The predicted octanol–water partition coefficient (Wildman–Crippen LogP) is 5.60. The molecule has 30 heavy (non-hydrogen) atoms. The van der Waals surface area contributed by atoms with Crippen LogP contribution < -0.4 is 5.32 Å². The summed E-state index contributed by atoms with van der Waals surface area (Å²) in [6, 6.07) is 21.2. The molecule has 0 fully saturated rings. The number of nitrogens with one attached hydrogen (secondary N) is 1. The van der Waals surface area contributed by atoms with Gasteiger partial charge in [-0.15, -0.1) is 0 Å². The average molecular weight is 395 g/mol. The van der Waals surface area contributed by atoms with E-state index in [0.717, 1.165) is 44.9 Å². The number of fused-ring (bicyclic) bond motifs is 4.